The number of rotatable bonds is 2. The topological polar surface area (TPSA) is 41.9 Å². The molecule has 0 spiro atoms. The fourth-order valence-electron chi connectivity index (χ4n) is 2.74. The molecular weight excluding hydrogens is 200 g/mol. The van der Waals surface area contributed by atoms with Crippen molar-refractivity contribution in [2.75, 3.05) is 18.4 Å². The highest BCUT2D eigenvalue weighted by atomic mass is 15.2. The normalized spacial score (nSPS) is 24.9. The summed E-state index contributed by atoms with van der Waals surface area (Å²) in [6, 6.07) is 0.641. The minimum atomic E-state index is 0.641. The molecule has 16 heavy (non-hydrogen) atoms. The first-order valence-electron chi connectivity index (χ1n) is 6.45. The van der Waals surface area contributed by atoms with Gasteiger partial charge in [-0.2, -0.15) is 0 Å². The van der Waals surface area contributed by atoms with Crippen LogP contribution >= 0.6 is 0 Å². The molecule has 1 aromatic heterocycles. The summed E-state index contributed by atoms with van der Waals surface area (Å²) in [5.41, 5.74) is 0. The Kier molecular flexibility index (Phi) is 2.82. The Morgan fingerprint density at radius 1 is 1.31 bits per heavy atom. The molecule has 88 valence electrons. The van der Waals surface area contributed by atoms with E-state index in [1.54, 1.807) is 0 Å². The van der Waals surface area contributed by atoms with Crippen molar-refractivity contribution in [2.45, 2.75) is 44.7 Å². The second kappa shape index (κ2) is 4.45. The lowest BCUT2D eigenvalue weighted by molar-refractivity contribution is 0.389. The van der Waals surface area contributed by atoms with Crippen LogP contribution in [-0.2, 0) is 13.0 Å². The minimum absolute atomic E-state index is 0.641. The van der Waals surface area contributed by atoms with Crippen molar-refractivity contribution >= 4 is 5.82 Å². The van der Waals surface area contributed by atoms with Gasteiger partial charge in [-0.05, 0) is 25.8 Å². The average Bonchev–Trinajstić information content (AvgIpc) is 2.74. The van der Waals surface area contributed by atoms with E-state index in [0.717, 1.165) is 19.5 Å². The van der Waals surface area contributed by atoms with Gasteiger partial charge in [0.1, 0.15) is 11.6 Å². The zero-order valence-corrected chi connectivity index (χ0v) is 9.71. The number of hydrogen-bond donors (Lipinski definition) is 2. The standard InChI is InChI=1S/C12H20N4/c1-2-5-13-10(4-1)8-11-15-9-12-14-6-3-7-16(11)12/h9-10,13-14H,1-8H2. The molecule has 1 fully saturated rings. The van der Waals surface area contributed by atoms with Crippen molar-refractivity contribution in [1.29, 1.82) is 0 Å². The van der Waals surface area contributed by atoms with Gasteiger partial charge in [0.25, 0.3) is 0 Å². The Bertz CT molecular complexity index is 352. The van der Waals surface area contributed by atoms with Gasteiger partial charge in [-0.25, -0.2) is 4.98 Å². The average molecular weight is 220 g/mol. The van der Waals surface area contributed by atoms with Crippen LogP contribution in [0.5, 0.6) is 0 Å². The van der Waals surface area contributed by atoms with Crippen LogP contribution in [0, 0.1) is 0 Å². The van der Waals surface area contributed by atoms with E-state index in [-0.39, 0.29) is 0 Å². The minimum Gasteiger partial charge on any atom is -0.370 e. The lowest BCUT2D eigenvalue weighted by Gasteiger charge is -2.24. The van der Waals surface area contributed by atoms with Gasteiger partial charge >= 0.3 is 0 Å². The van der Waals surface area contributed by atoms with E-state index in [4.69, 9.17) is 0 Å². The van der Waals surface area contributed by atoms with Crippen LogP contribution in [0.15, 0.2) is 6.20 Å². The van der Waals surface area contributed by atoms with Crippen LogP contribution in [0.1, 0.15) is 31.5 Å². The highest BCUT2D eigenvalue weighted by Crippen LogP contribution is 2.19. The Morgan fingerprint density at radius 3 is 3.19 bits per heavy atom. The number of anilines is 1. The molecule has 1 atom stereocenters. The predicted molar refractivity (Wildman–Crippen MR) is 64.7 cm³/mol. The molecule has 3 heterocycles. The molecule has 1 aromatic rings. The van der Waals surface area contributed by atoms with Gasteiger partial charge in [-0.3, -0.25) is 0 Å². The molecule has 0 bridgehead atoms. The van der Waals surface area contributed by atoms with Crippen LogP contribution in [0.2, 0.25) is 0 Å². The van der Waals surface area contributed by atoms with Gasteiger partial charge in [0.15, 0.2) is 0 Å². The monoisotopic (exact) mass is 220 g/mol. The molecule has 0 radical (unpaired) electrons. The van der Waals surface area contributed by atoms with Crippen LogP contribution in [0.4, 0.5) is 5.82 Å². The molecule has 4 heteroatoms. The van der Waals surface area contributed by atoms with Gasteiger partial charge in [0.05, 0.1) is 6.20 Å². The van der Waals surface area contributed by atoms with Crippen molar-refractivity contribution in [3.05, 3.63) is 12.0 Å². The maximum Gasteiger partial charge on any atom is 0.126 e. The third kappa shape index (κ3) is 1.94. The first kappa shape index (κ1) is 10.1. The summed E-state index contributed by atoms with van der Waals surface area (Å²) in [7, 11) is 0. The van der Waals surface area contributed by atoms with E-state index < -0.39 is 0 Å². The second-order valence-electron chi connectivity index (χ2n) is 4.84. The molecule has 2 aliphatic rings. The van der Waals surface area contributed by atoms with Crippen molar-refractivity contribution in [2.24, 2.45) is 0 Å². The Morgan fingerprint density at radius 2 is 2.31 bits per heavy atom. The Labute approximate surface area is 96.4 Å². The third-order valence-electron chi connectivity index (χ3n) is 3.64. The second-order valence-corrected chi connectivity index (χ2v) is 4.84. The summed E-state index contributed by atoms with van der Waals surface area (Å²) < 4.78 is 2.35. The van der Waals surface area contributed by atoms with Gasteiger partial charge in [0, 0.05) is 25.6 Å². The largest absolute Gasteiger partial charge is 0.370 e. The molecule has 1 unspecified atom stereocenters. The third-order valence-corrected chi connectivity index (χ3v) is 3.64. The molecule has 0 saturated carbocycles. The zero-order valence-electron chi connectivity index (χ0n) is 9.71. The van der Waals surface area contributed by atoms with Crippen LogP contribution in [0.25, 0.3) is 0 Å². The molecule has 0 aliphatic carbocycles. The number of hydrogen-bond acceptors (Lipinski definition) is 3. The van der Waals surface area contributed by atoms with Crippen molar-refractivity contribution in [3.63, 3.8) is 0 Å². The van der Waals surface area contributed by atoms with Gasteiger partial charge in [-0.15, -0.1) is 0 Å². The highest BCUT2D eigenvalue weighted by Gasteiger charge is 2.18. The first-order chi connectivity index (χ1) is 7.93. The highest BCUT2D eigenvalue weighted by molar-refractivity contribution is 5.36. The summed E-state index contributed by atoms with van der Waals surface area (Å²) in [5, 5.41) is 6.99. The molecule has 2 N–H and O–H groups in total. The van der Waals surface area contributed by atoms with Gasteiger partial charge < -0.3 is 15.2 Å². The fourth-order valence-corrected chi connectivity index (χ4v) is 2.74. The number of nitrogens with one attached hydrogen (secondary N) is 2. The SMILES string of the molecule is c1nc(CC2CCCCN2)n2c1NCCC2. The molecule has 0 amide bonds. The Balaban J connectivity index is 1.71. The van der Waals surface area contributed by atoms with Gasteiger partial charge in [-0.1, -0.05) is 6.42 Å². The summed E-state index contributed by atoms with van der Waals surface area (Å²) in [4.78, 5) is 4.55. The number of piperidine rings is 1. The maximum atomic E-state index is 4.55. The van der Waals surface area contributed by atoms with Crippen LogP contribution in [-0.4, -0.2) is 28.7 Å². The summed E-state index contributed by atoms with van der Waals surface area (Å²) in [6.45, 7) is 3.40. The quantitative estimate of drug-likeness (QED) is 0.791. The predicted octanol–water partition coefficient (Wildman–Crippen LogP) is 1.38. The molecule has 2 aliphatic heterocycles. The van der Waals surface area contributed by atoms with Crippen molar-refractivity contribution in [3.8, 4) is 0 Å². The van der Waals surface area contributed by atoms with E-state index in [1.807, 2.05) is 6.20 Å². The summed E-state index contributed by atoms with van der Waals surface area (Å²) in [6.07, 6.45) is 8.28. The molecule has 3 rings (SSSR count). The number of nitrogens with zero attached hydrogens (tertiary/aromatic N) is 2. The number of aromatic nitrogens is 2. The Hall–Kier alpha value is -1.03. The van der Waals surface area contributed by atoms with Crippen LogP contribution < -0.4 is 10.6 Å². The van der Waals surface area contributed by atoms with E-state index in [2.05, 4.69) is 20.2 Å². The van der Waals surface area contributed by atoms with E-state index in [9.17, 15) is 0 Å². The van der Waals surface area contributed by atoms with Crippen LogP contribution in [0.3, 0.4) is 0 Å². The summed E-state index contributed by atoms with van der Waals surface area (Å²) in [5.74, 6) is 2.46. The van der Waals surface area contributed by atoms with Crippen molar-refractivity contribution in [1.82, 2.24) is 14.9 Å². The lowest BCUT2D eigenvalue weighted by Crippen LogP contribution is -2.36. The maximum absolute atomic E-state index is 4.55. The smallest absolute Gasteiger partial charge is 0.126 e. The summed E-state index contributed by atoms with van der Waals surface area (Å²) >= 11 is 0. The number of fused-ring (bicyclic) bond motifs is 1. The molecular formula is C12H20N4. The van der Waals surface area contributed by atoms with E-state index >= 15 is 0 Å². The number of imidazole rings is 1. The van der Waals surface area contributed by atoms with E-state index in [1.165, 1.54) is 43.9 Å². The molecule has 1 saturated heterocycles. The van der Waals surface area contributed by atoms with Gasteiger partial charge in [0.2, 0.25) is 0 Å². The fraction of sp³-hybridized carbons (Fsp3) is 0.750. The zero-order chi connectivity index (χ0) is 10.8. The van der Waals surface area contributed by atoms with E-state index in [0.29, 0.717) is 6.04 Å². The van der Waals surface area contributed by atoms with Crippen molar-refractivity contribution < 1.29 is 0 Å². The molecule has 4 nitrogen and oxygen atoms in total. The first-order valence-corrected chi connectivity index (χ1v) is 6.45. The molecule has 0 aromatic carbocycles. The lowest BCUT2D eigenvalue weighted by atomic mass is 10.0.